The maximum atomic E-state index is 12.6. The zero-order chi connectivity index (χ0) is 18.8. The zero-order valence-electron chi connectivity index (χ0n) is 15.2. The first-order chi connectivity index (χ1) is 13.2. The summed E-state index contributed by atoms with van der Waals surface area (Å²) in [6.45, 7) is 4.87. The maximum Gasteiger partial charge on any atom is 0.227 e. The smallest absolute Gasteiger partial charge is 0.227 e. The third kappa shape index (κ3) is 3.60. The van der Waals surface area contributed by atoms with Gasteiger partial charge in [0, 0.05) is 37.6 Å². The van der Waals surface area contributed by atoms with Crippen LogP contribution in [0.4, 0.5) is 5.82 Å². The fourth-order valence-electron chi connectivity index (χ4n) is 3.31. The van der Waals surface area contributed by atoms with Gasteiger partial charge in [0.15, 0.2) is 11.5 Å². The Morgan fingerprint density at radius 3 is 2.59 bits per heavy atom. The quantitative estimate of drug-likeness (QED) is 0.690. The van der Waals surface area contributed by atoms with Gasteiger partial charge < -0.3 is 9.80 Å². The van der Waals surface area contributed by atoms with Gasteiger partial charge in [-0.1, -0.05) is 36.7 Å². The molecule has 0 aliphatic carbocycles. The second-order valence-corrected chi connectivity index (χ2v) is 6.97. The molecule has 1 aliphatic rings. The highest BCUT2D eigenvalue weighted by atomic mass is 35.5. The lowest BCUT2D eigenvalue weighted by Crippen LogP contribution is -2.49. The van der Waals surface area contributed by atoms with Crippen LogP contribution in [0.5, 0.6) is 0 Å². The van der Waals surface area contributed by atoms with Crippen molar-refractivity contribution in [2.45, 2.75) is 19.8 Å². The molecule has 0 bridgehead atoms. The summed E-state index contributed by atoms with van der Waals surface area (Å²) >= 11 is 6.17. The summed E-state index contributed by atoms with van der Waals surface area (Å²) in [5.41, 5.74) is 1.63. The largest absolute Gasteiger partial charge is 0.352 e. The molecule has 1 aromatic carbocycles. The van der Waals surface area contributed by atoms with E-state index in [4.69, 9.17) is 11.6 Å². The predicted octanol–water partition coefficient (Wildman–Crippen LogP) is 2.23. The van der Waals surface area contributed by atoms with Crippen LogP contribution in [0.15, 0.2) is 36.4 Å². The van der Waals surface area contributed by atoms with E-state index in [1.165, 1.54) is 0 Å². The molecule has 7 nitrogen and oxygen atoms in total. The van der Waals surface area contributed by atoms with Crippen LogP contribution in [-0.2, 0) is 17.6 Å². The molecule has 8 heteroatoms. The standard InChI is InChI=1S/C19H21ClN6O/c1-2-16-21-22-17-7-8-18(23-26(16)17)24-9-11-25(12-10-24)19(27)13-14-5-3-4-6-15(14)20/h3-8H,2,9-13H2,1H3. The summed E-state index contributed by atoms with van der Waals surface area (Å²) < 4.78 is 1.80. The molecule has 1 amide bonds. The number of hydrogen-bond acceptors (Lipinski definition) is 5. The van der Waals surface area contributed by atoms with E-state index < -0.39 is 0 Å². The summed E-state index contributed by atoms with van der Waals surface area (Å²) in [7, 11) is 0. The molecule has 0 radical (unpaired) electrons. The Morgan fingerprint density at radius 1 is 1.07 bits per heavy atom. The molecule has 1 aliphatic heterocycles. The van der Waals surface area contributed by atoms with Gasteiger partial charge in [-0.15, -0.1) is 15.3 Å². The van der Waals surface area contributed by atoms with E-state index in [0.29, 0.717) is 24.5 Å². The first-order valence-electron chi connectivity index (χ1n) is 9.13. The molecule has 3 aromatic rings. The maximum absolute atomic E-state index is 12.6. The van der Waals surface area contributed by atoms with Gasteiger partial charge in [-0.3, -0.25) is 4.79 Å². The number of rotatable bonds is 4. The lowest BCUT2D eigenvalue weighted by molar-refractivity contribution is -0.130. The Hall–Kier alpha value is -2.67. The van der Waals surface area contributed by atoms with Crippen LogP contribution in [0.3, 0.4) is 0 Å². The number of aromatic nitrogens is 4. The van der Waals surface area contributed by atoms with Crippen molar-refractivity contribution in [3.05, 3.63) is 52.8 Å². The Kier molecular flexibility index (Phi) is 4.94. The van der Waals surface area contributed by atoms with E-state index in [2.05, 4.69) is 20.2 Å². The molecule has 2 aromatic heterocycles. The van der Waals surface area contributed by atoms with Gasteiger partial charge in [0.2, 0.25) is 5.91 Å². The lowest BCUT2D eigenvalue weighted by Gasteiger charge is -2.35. The van der Waals surface area contributed by atoms with Crippen LogP contribution in [0.25, 0.3) is 5.65 Å². The third-order valence-electron chi connectivity index (χ3n) is 4.89. The number of piperazine rings is 1. The van der Waals surface area contributed by atoms with Gasteiger partial charge in [0.25, 0.3) is 0 Å². The number of fused-ring (bicyclic) bond motifs is 1. The summed E-state index contributed by atoms with van der Waals surface area (Å²) in [6.07, 6.45) is 1.12. The highest BCUT2D eigenvalue weighted by Gasteiger charge is 2.23. The fourth-order valence-corrected chi connectivity index (χ4v) is 3.52. The van der Waals surface area contributed by atoms with Gasteiger partial charge in [0.1, 0.15) is 5.82 Å². The molecule has 140 valence electrons. The van der Waals surface area contributed by atoms with E-state index in [9.17, 15) is 4.79 Å². The average molecular weight is 385 g/mol. The zero-order valence-corrected chi connectivity index (χ0v) is 15.9. The van der Waals surface area contributed by atoms with Crippen LogP contribution in [0.1, 0.15) is 18.3 Å². The SMILES string of the molecule is CCc1nnc2ccc(N3CCN(C(=O)Cc4ccccc4Cl)CC3)nn12. The Morgan fingerprint density at radius 2 is 1.85 bits per heavy atom. The number of carbonyl (C=O) groups is 1. The highest BCUT2D eigenvalue weighted by Crippen LogP contribution is 2.18. The minimum Gasteiger partial charge on any atom is -0.352 e. The Balaban J connectivity index is 1.41. The van der Waals surface area contributed by atoms with Crippen molar-refractivity contribution >= 4 is 29.0 Å². The van der Waals surface area contributed by atoms with E-state index in [1.54, 1.807) is 4.52 Å². The monoisotopic (exact) mass is 384 g/mol. The number of hydrogen-bond donors (Lipinski definition) is 0. The molecule has 3 heterocycles. The number of carbonyl (C=O) groups excluding carboxylic acids is 1. The molecule has 0 saturated carbocycles. The lowest BCUT2D eigenvalue weighted by atomic mass is 10.1. The van der Waals surface area contributed by atoms with Crippen molar-refractivity contribution in [1.82, 2.24) is 24.7 Å². The Bertz CT molecular complexity index is 964. The fraction of sp³-hybridized carbons (Fsp3) is 0.368. The molecule has 0 atom stereocenters. The van der Waals surface area contributed by atoms with E-state index in [-0.39, 0.29) is 5.91 Å². The van der Waals surface area contributed by atoms with E-state index >= 15 is 0 Å². The molecule has 4 rings (SSSR count). The van der Waals surface area contributed by atoms with E-state index in [0.717, 1.165) is 42.4 Å². The summed E-state index contributed by atoms with van der Waals surface area (Å²) in [5.74, 6) is 1.84. The van der Waals surface area contributed by atoms with Gasteiger partial charge in [-0.05, 0) is 23.8 Å². The number of amides is 1. The highest BCUT2D eigenvalue weighted by molar-refractivity contribution is 6.31. The van der Waals surface area contributed by atoms with Gasteiger partial charge in [-0.25, -0.2) is 0 Å². The predicted molar refractivity (Wildman–Crippen MR) is 104 cm³/mol. The van der Waals surface area contributed by atoms with Crippen molar-refractivity contribution in [1.29, 1.82) is 0 Å². The van der Waals surface area contributed by atoms with Crippen LogP contribution in [0.2, 0.25) is 5.02 Å². The van der Waals surface area contributed by atoms with Crippen molar-refractivity contribution < 1.29 is 4.79 Å². The normalized spacial score (nSPS) is 14.7. The summed E-state index contributed by atoms with van der Waals surface area (Å²) in [5, 5.41) is 13.6. The summed E-state index contributed by atoms with van der Waals surface area (Å²) in [4.78, 5) is 16.7. The number of halogens is 1. The average Bonchev–Trinajstić information content (AvgIpc) is 3.12. The summed E-state index contributed by atoms with van der Waals surface area (Å²) in [6, 6.07) is 11.4. The second-order valence-electron chi connectivity index (χ2n) is 6.57. The molecular formula is C19H21ClN6O. The minimum absolute atomic E-state index is 0.109. The molecular weight excluding hydrogens is 364 g/mol. The molecule has 0 spiro atoms. The number of anilines is 1. The second kappa shape index (κ2) is 7.52. The first-order valence-corrected chi connectivity index (χ1v) is 9.51. The molecule has 0 unspecified atom stereocenters. The first kappa shape index (κ1) is 17.7. The van der Waals surface area contributed by atoms with Crippen LogP contribution in [0, 0.1) is 0 Å². The van der Waals surface area contributed by atoms with E-state index in [1.807, 2.05) is 48.2 Å². The van der Waals surface area contributed by atoms with Gasteiger partial charge >= 0.3 is 0 Å². The molecule has 1 fully saturated rings. The van der Waals surface area contributed by atoms with Crippen molar-refractivity contribution in [3.63, 3.8) is 0 Å². The number of nitrogens with zero attached hydrogens (tertiary/aromatic N) is 6. The third-order valence-corrected chi connectivity index (χ3v) is 5.25. The number of benzene rings is 1. The molecule has 0 N–H and O–H groups in total. The van der Waals surface area contributed by atoms with Crippen molar-refractivity contribution in [2.24, 2.45) is 0 Å². The van der Waals surface area contributed by atoms with Gasteiger partial charge in [0.05, 0.1) is 6.42 Å². The van der Waals surface area contributed by atoms with Crippen LogP contribution >= 0.6 is 11.6 Å². The minimum atomic E-state index is 0.109. The van der Waals surface area contributed by atoms with Crippen LogP contribution < -0.4 is 4.90 Å². The van der Waals surface area contributed by atoms with Crippen molar-refractivity contribution in [3.8, 4) is 0 Å². The molecule has 27 heavy (non-hydrogen) atoms. The van der Waals surface area contributed by atoms with Crippen molar-refractivity contribution in [2.75, 3.05) is 31.1 Å². The topological polar surface area (TPSA) is 66.6 Å². The number of aryl methyl sites for hydroxylation is 1. The van der Waals surface area contributed by atoms with Gasteiger partial charge in [-0.2, -0.15) is 4.52 Å². The van der Waals surface area contributed by atoms with Crippen LogP contribution in [-0.4, -0.2) is 56.8 Å². The molecule has 1 saturated heterocycles. The Labute approximate surface area is 162 Å².